The fraction of sp³-hybridized carbons (Fsp3) is 0.714. The average molecular weight is 404 g/mol. The van der Waals surface area contributed by atoms with E-state index in [0.29, 0.717) is 0 Å². The Balaban J connectivity index is 2.71. The first-order valence-electron chi connectivity index (χ1n) is 3.81. The fourth-order valence-corrected chi connectivity index (χ4v) is 6.44. The maximum Gasteiger partial charge on any atom is 0.177 e. The minimum absolute atomic E-state index is 0.0854. The van der Waals surface area contributed by atoms with Gasteiger partial charge in [0.1, 0.15) is 9.75 Å². The second-order valence-electron chi connectivity index (χ2n) is 3.56. The summed E-state index contributed by atoms with van der Waals surface area (Å²) < 4.78 is -3.35. The molecule has 16 heavy (non-hydrogen) atoms. The molecule has 0 amide bonds. The van der Waals surface area contributed by atoms with E-state index in [1.54, 1.807) is 0 Å². The molecule has 0 heterocycles. The Hall–Kier alpha value is 2.35. The summed E-state index contributed by atoms with van der Waals surface area (Å²) in [4.78, 5) is -3.18. The minimum Gasteiger partial charge on any atom is -0.117 e. The van der Waals surface area contributed by atoms with Crippen LogP contribution in [0.15, 0.2) is 10.1 Å². The summed E-state index contributed by atoms with van der Waals surface area (Å²) in [5.74, 6) is 0. The maximum atomic E-state index is 6.26. The van der Waals surface area contributed by atoms with Gasteiger partial charge in [-0.1, -0.05) is 69.6 Å². The van der Waals surface area contributed by atoms with Crippen LogP contribution in [0.4, 0.5) is 0 Å². The van der Waals surface area contributed by atoms with Crippen molar-refractivity contribution >= 4 is 104 Å². The van der Waals surface area contributed by atoms with E-state index in [2.05, 4.69) is 0 Å². The number of halogens is 9. The highest BCUT2D eigenvalue weighted by Gasteiger charge is 2.89. The van der Waals surface area contributed by atoms with Crippen LogP contribution in [-0.2, 0) is 0 Å². The van der Waals surface area contributed by atoms with Crippen molar-refractivity contribution in [3.63, 3.8) is 0 Å². The largest absolute Gasteiger partial charge is 0.177 e. The number of hydrogen-bond acceptors (Lipinski definition) is 0. The molecule has 0 aromatic carbocycles. The zero-order chi connectivity index (χ0) is 12.7. The molecule has 1 fully saturated rings. The van der Waals surface area contributed by atoms with Gasteiger partial charge in [-0.25, -0.2) is 0 Å². The standard InChI is InChI=1S/C7HCl9/c8-1-2(9)6(13,14)5(12)3(10)7(15,16)4(1,5)11/h3H/t3-,4+,5+/m0/s1. The van der Waals surface area contributed by atoms with Gasteiger partial charge in [0, 0.05) is 0 Å². The summed E-state index contributed by atoms with van der Waals surface area (Å²) in [6.07, 6.45) is 0. The summed E-state index contributed by atoms with van der Waals surface area (Å²) in [5.41, 5.74) is 0. The third-order valence-electron chi connectivity index (χ3n) is 2.86. The number of hydrogen-bond donors (Lipinski definition) is 0. The third kappa shape index (κ3) is 1.17. The Kier molecular flexibility index (Phi) is 3.42. The van der Waals surface area contributed by atoms with Crippen LogP contribution in [-0.4, -0.2) is 23.8 Å². The molecule has 1 saturated carbocycles. The lowest BCUT2D eigenvalue weighted by Crippen LogP contribution is -2.80. The van der Waals surface area contributed by atoms with E-state index in [9.17, 15) is 0 Å². The summed E-state index contributed by atoms with van der Waals surface area (Å²) in [6, 6.07) is 0. The van der Waals surface area contributed by atoms with Gasteiger partial charge in [0.25, 0.3) is 0 Å². The number of fused-ring (bicyclic) bond motifs is 1. The Labute approximate surface area is 137 Å². The van der Waals surface area contributed by atoms with Gasteiger partial charge in [-0.15, -0.1) is 34.8 Å². The normalized spacial score (nSPS) is 48.9. The predicted octanol–water partition coefficient (Wildman–Crippen LogP) is 5.61. The van der Waals surface area contributed by atoms with Crippen LogP contribution in [0.2, 0.25) is 0 Å². The molecule has 0 aromatic heterocycles. The van der Waals surface area contributed by atoms with E-state index < -0.39 is 23.8 Å². The third-order valence-corrected chi connectivity index (χ3v) is 9.21. The fourth-order valence-electron chi connectivity index (χ4n) is 1.89. The molecule has 2 aliphatic carbocycles. The molecular formula is C7HCl9. The minimum atomic E-state index is -1.74. The molecular weight excluding hydrogens is 403 g/mol. The van der Waals surface area contributed by atoms with Crippen molar-refractivity contribution in [2.75, 3.05) is 0 Å². The zero-order valence-electron chi connectivity index (χ0n) is 6.98. The molecule has 0 unspecified atom stereocenters. The number of allylic oxidation sites excluding steroid dienone is 2. The molecule has 0 bridgehead atoms. The van der Waals surface area contributed by atoms with E-state index in [0.717, 1.165) is 0 Å². The lowest BCUT2D eigenvalue weighted by Gasteiger charge is -2.62. The van der Waals surface area contributed by atoms with E-state index >= 15 is 0 Å². The maximum absolute atomic E-state index is 6.26. The molecule has 0 aliphatic heterocycles. The van der Waals surface area contributed by atoms with Crippen molar-refractivity contribution < 1.29 is 0 Å². The molecule has 0 saturated heterocycles. The van der Waals surface area contributed by atoms with Gasteiger partial charge < -0.3 is 0 Å². The average Bonchev–Trinajstić information content (AvgIpc) is 2.30. The van der Waals surface area contributed by atoms with Gasteiger partial charge in [-0.2, -0.15) is 0 Å². The van der Waals surface area contributed by atoms with Crippen molar-refractivity contribution in [3.8, 4) is 0 Å². The van der Waals surface area contributed by atoms with Crippen LogP contribution in [0, 0.1) is 0 Å². The Morgan fingerprint density at radius 2 is 1.25 bits per heavy atom. The second kappa shape index (κ2) is 3.71. The summed E-state index contributed by atoms with van der Waals surface area (Å²) in [5, 5.41) is -1.21. The van der Waals surface area contributed by atoms with Crippen LogP contribution >= 0.6 is 104 Å². The number of alkyl halides is 7. The molecule has 0 nitrogen and oxygen atoms in total. The first-order valence-corrected chi connectivity index (χ1v) is 7.27. The van der Waals surface area contributed by atoms with Crippen molar-refractivity contribution in [1.82, 2.24) is 0 Å². The lowest BCUT2D eigenvalue weighted by atomic mass is 9.71. The quantitative estimate of drug-likeness (QED) is 0.461. The highest BCUT2D eigenvalue weighted by atomic mass is 35.5. The van der Waals surface area contributed by atoms with Gasteiger partial charge in [0.05, 0.1) is 15.4 Å². The first-order chi connectivity index (χ1) is 6.97. The molecule has 92 valence electrons. The molecule has 0 N–H and O–H groups in total. The lowest BCUT2D eigenvalue weighted by molar-refractivity contribution is 0.284. The van der Waals surface area contributed by atoms with Crippen LogP contribution in [0.25, 0.3) is 0 Å². The summed E-state index contributed by atoms with van der Waals surface area (Å²) in [7, 11) is 0. The van der Waals surface area contributed by atoms with Crippen LogP contribution < -0.4 is 0 Å². The van der Waals surface area contributed by atoms with Gasteiger partial charge in [-0.3, -0.25) is 0 Å². The number of rotatable bonds is 0. The van der Waals surface area contributed by atoms with E-state index in [1.165, 1.54) is 0 Å². The first kappa shape index (κ1) is 14.8. The monoisotopic (exact) mass is 400 g/mol. The highest BCUT2D eigenvalue weighted by molar-refractivity contribution is 6.72. The second-order valence-corrected chi connectivity index (χ2v) is 8.63. The van der Waals surface area contributed by atoms with Crippen LogP contribution in [0.5, 0.6) is 0 Å². The van der Waals surface area contributed by atoms with Gasteiger partial charge in [-0.05, 0) is 0 Å². The smallest absolute Gasteiger partial charge is 0.117 e. The van der Waals surface area contributed by atoms with Crippen LogP contribution in [0.1, 0.15) is 0 Å². The van der Waals surface area contributed by atoms with E-state index in [4.69, 9.17) is 104 Å². The van der Waals surface area contributed by atoms with Crippen molar-refractivity contribution in [2.45, 2.75) is 23.8 Å². The van der Waals surface area contributed by atoms with Crippen molar-refractivity contribution in [2.24, 2.45) is 0 Å². The van der Waals surface area contributed by atoms with E-state index in [-0.39, 0.29) is 10.1 Å². The molecule has 0 radical (unpaired) electrons. The van der Waals surface area contributed by atoms with E-state index in [1.807, 2.05) is 0 Å². The summed E-state index contributed by atoms with van der Waals surface area (Å²) >= 11 is 54.4. The Morgan fingerprint density at radius 1 is 0.812 bits per heavy atom. The molecule has 2 aliphatic rings. The van der Waals surface area contributed by atoms with Gasteiger partial charge >= 0.3 is 0 Å². The molecule has 2 rings (SSSR count). The van der Waals surface area contributed by atoms with Crippen molar-refractivity contribution in [1.29, 1.82) is 0 Å². The highest BCUT2D eigenvalue weighted by Crippen LogP contribution is 2.79. The topological polar surface area (TPSA) is 0 Å². The molecule has 3 atom stereocenters. The summed E-state index contributed by atoms with van der Waals surface area (Å²) in [6.45, 7) is 0. The predicted molar refractivity (Wildman–Crippen MR) is 74.4 cm³/mol. The Bertz CT molecular complexity index is 399. The van der Waals surface area contributed by atoms with Crippen LogP contribution in [0.3, 0.4) is 0 Å². The molecule has 9 heteroatoms. The SMILES string of the molecule is ClC1=C(Cl)[C@]2(Cl)C(Cl)(Cl)[C@@H](Cl)[C@]2(Cl)C1(Cl)Cl. The Morgan fingerprint density at radius 3 is 1.62 bits per heavy atom. The van der Waals surface area contributed by atoms with Gasteiger partial charge in [0.15, 0.2) is 8.67 Å². The zero-order valence-corrected chi connectivity index (χ0v) is 13.8. The van der Waals surface area contributed by atoms with Gasteiger partial charge in [0.2, 0.25) is 0 Å². The molecule has 0 spiro atoms. The van der Waals surface area contributed by atoms with Crippen molar-refractivity contribution in [3.05, 3.63) is 10.1 Å². The molecule has 0 aromatic rings.